The first kappa shape index (κ1) is 16.4. The molecule has 0 radical (unpaired) electrons. The third-order valence-electron chi connectivity index (χ3n) is 2.95. The van der Waals surface area contributed by atoms with Gasteiger partial charge < -0.3 is 14.6 Å². The van der Waals surface area contributed by atoms with Gasteiger partial charge in [0.05, 0.1) is 5.69 Å². The van der Waals surface area contributed by atoms with Gasteiger partial charge in [0.2, 0.25) is 0 Å². The summed E-state index contributed by atoms with van der Waals surface area (Å²) in [6, 6.07) is 13.6. The van der Waals surface area contributed by atoms with E-state index in [1.807, 2.05) is 30.3 Å². The Hall–Kier alpha value is -3.02. The van der Waals surface area contributed by atoms with Gasteiger partial charge in [-0.25, -0.2) is 4.79 Å². The number of anilines is 1. The number of carbonyl (C=O) groups excluding carboxylic acids is 2. The number of phenols is 1. The fraction of sp³-hybridized carbons (Fsp3) is 0.176. The standard InChI is InChI=1S/C17H17NO5/c1-2-15(20)23-16-13(9-6-10-14(16)19)18-17(21)22-11-12-7-4-3-5-8-12/h3-10,19H,2,11H2,1H3,(H,18,21). The fourth-order valence-corrected chi connectivity index (χ4v) is 1.79. The molecular weight excluding hydrogens is 298 g/mol. The molecule has 2 aromatic rings. The van der Waals surface area contributed by atoms with E-state index in [1.165, 1.54) is 18.2 Å². The highest BCUT2D eigenvalue weighted by Gasteiger charge is 2.15. The van der Waals surface area contributed by atoms with Crippen molar-refractivity contribution in [2.24, 2.45) is 0 Å². The SMILES string of the molecule is CCC(=O)Oc1c(O)cccc1NC(=O)OCc1ccccc1. The average molecular weight is 315 g/mol. The summed E-state index contributed by atoms with van der Waals surface area (Å²) in [5.41, 5.74) is 1.00. The third-order valence-corrected chi connectivity index (χ3v) is 2.95. The van der Waals surface area contributed by atoms with Crippen molar-refractivity contribution in [3.8, 4) is 11.5 Å². The minimum absolute atomic E-state index is 0.101. The Morgan fingerprint density at radius 2 is 1.83 bits per heavy atom. The molecule has 2 N–H and O–H groups in total. The molecule has 0 saturated heterocycles. The first-order valence-corrected chi connectivity index (χ1v) is 7.10. The van der Waals surface area contributed by atoms with E-state index in [-0.39, 0.29) is 30.2 Å². The Bertz CT molecular complexity index is 685. The summed E-state index contributed by atoms with van der Waals surface area (Å²) in [5, 5.41) is 12.2. The molecule has 0 heterocycles. The summed E-state index contributed by atoms with van der Waals surface area (Å²) >= 11 is 0. The number of phenolic OH excluding ortho intramolecular Hbond substituents is 1. The van der Waals surface area contributed by atoms with Gasteiger partial charge in [0.25, 0.3) is 0 Å². The van der Waals surface area contributed by atoms with E-state index in [1.54, 1.807) is 6.92 Å². The highest BCUT2D eigenvalue weighted by Crippen LogP contribution is 2.34. The molecule has 0 aliphatic rings. The lowest BCUT2D eigenvalue weighted by atomic mass is 10.2. The zero-order chi connectivity index (χ0) is 16.7. The normalized spacial score (nSPS) is 9.96. The van der Waals surface area contributed by atoms with Crippen LogP contribution in [-0.2, 0) is 16.1 Å². The monoisotopic (exact) mass is 315 g/mol. The number of aromatic hydroxyl groups is 1. The zero-order valence-corrected chi connectivity index (χ0v) is 12.6. The molecule has 0 aromatic heterocycles. The first-order valence-electron chi connectivity index (χ1n) is 7.10. The minimum Gasteiger partial charge on any atom is -0.504 e. The van der Waals surface area contributed by atoms with Gasteiger partial charge in [0.1, 0.15) is 6.61 Å². The Kier molecular flexibility index (Phi) is 5.57. The molecule has 0 saturated carbocycles. The van der Waals surface area contributed by atoms with Gasteiger partial charge >= 0.3 is 12.1 Å². The lowest BCUT2D eigenvalue weighted by molar-refractivity contribution is -0.134. The summed E-state index contributed by atoms with van der Waals surface area (Å²) in [5.74, 6) is -0.865. The van der Waals surface area contributed by atoms with Crippen LogP contribution in [-0.4, -0.2) is 17.2 Å². The predicted octanol–water partition coefficient (Wildman–Crippen LogP) is 3.46. The molecule has 23 heavy (non-hydrogen) atoms. The van der Waals surface area contributed by atoms with E-state index < -0.39 is 12.1 Å². The molecule has 0 spiro atoms. The van der Waals surface area contributed by atoms with Crippen molar-refractivity contribution in [1.82, 2.24) is 0 Å². The van der Waals surface area contributed by atoms with Crippen molar-refractivity contribution >= 4 is 17.7 Å². The van der Waals surface area contributed by atoms with E-state index >= 15 is 0 Å². The van der Waals surface area contributed by atoms with Gasteiger partial charge in [-0.3, -0.25) is 10.1 Å². The Morgan fingerprint density at radius 1 is 1.09 bits per heavy atom. The first-order chi connectivity index (χ1) is 11.1. The third kappa shape index (κ3) is 4.74. The van der Waals surface area contributed by atoms with Crippen LogP contribution in [0.5, 0.6) is 11.5 Å². The van der Waals surface area contributed by atoms with Gasteiger partial charge in [0.15, 0.2) is 11.5 Å². The number of rotatable bonds is 5. The van der Waals surface area contributed by atoms with Crippen LogP contribution in [0.25, 0.3) is 0 Å². The topological polar surface area (TPSA) is 84.9 Å². The van der Waals surface area contributed by atoms with Gasteiger partial charge in [-0.05, 0) is 17.7 Å². The van der Waals surface area contributed by atoms with Crippen LogP contribution in [0.2, 0.25) is 0 Å². The second-order valence-electron chi connectivity index (χ2n) is 4.67. The smallest absolute Gasteiger partial charge is 0.412 e. The van der Waals surface area contributed by atoms with Crippen molar-refractivity contribution in [3.05, 3.63) is 54.1 Å². The van der Waals surface area contributed by atoms with Crippen LogP contribution < -0.4 is 10.1 Å². The fourth-order valence-electron chi connectivity index (χ4n) is 1.79. The van der Waals surface area contributed by atoms with Gasteiger partial charge in [-0.1, -0.05) is 43.3 Å². The maximum absolute atomic E-state index is 11.8. The zero-order valence-electron chi connectivity index (χ0n) is 12.6. The Balaban J connectivity index is 2.02. The van der Waals surface area contributed by atoms with Crippen molar-refractivity contribution in [1.29, 1.82) is 0 Å². The summed E-state index contributed by atoms with van der Waals surface area (Å²) in [6.07, 6.45) is -0.570. The maximum Gasteiger partial charge on any atom is 0.412 e. The molecule has 120 valence electrons. The molecule has 0 aliphatic heterocycles. The molecule has 0 unspecified atom stereocenters. The molecule has 0 atom stereocenters. The van der Waals surface area contributed by atoms with E-state index in [2.05, 4.69) is 5.32 Å². The highest BCUT2D eigenvalue weighted by atomic mass is 16.6. The van der Waals surface area contributed by atoms with Crippen LogP contribution in [0, 0.1) is 0 Å². The van der Waals surface area contributed by atoms with Crippen molar-refractivity contribution in [2.45, 2.75) is 20.0 Å². The molecule has 6 nitrogen and oxygen atoms in total. The minimum atomic E-state index is -0.715. The van der Waals surface area contributed by atoms with Crippen molar-refractivity contribution in [2.75, 3.05) is 5.32 Å². The number of para-hydroxylation sites is 1. The average Bonchev–Trinajstić information content (AvgIpc) is 2.57. The molecule has 2 aromatic carbocycles. The molecule has 0 bridgehead atoms. The maximum atomic E-state index is 11.8. The van der Waals surface area contributed by atoms with E-state index in [4.69, 9.17) is 9.47 Å². The number of hydrogen-bond donors (Lipinski definition) is 2. The van der Waals surface area contributed by atoms with Gasteiger partial charge in [0, 0.05) is 6.42 Å². The molecule has 6 heteroatoms. The number of ether oxygens (including phenoxy) is 2. The largest absolute Gasteiger partial charge is 0.504 e. The lowest BCUT2D eigenvalue weighted by Crippen LogP contribution is -2.15. The number of carbonyl (C=O) groups is 2. The van der Waals surface area contributed by atoms with E-state index in [0.717, 1.165) is 5.56 Å². The molecule has 0 aliphatic carbocycles. The summed E-state index contributed by atoms with van der Waals surface area (Å²) in [4.78, 5) is 23.3. The number of hydrogen-bond acceptors (Lipinski definition) is 5. The van der Waals surface area contributed by atoms with Crippen molar-refractivity contribution in [3.63, 3.8) is 0 Å². The van der Waals surface area contributed by atoms with Crippen LogP contribution >= 0.6 is 0 Å². The number of amides is 1. The van der Waals surface area contributed by atoms with Crippen LogP contribution in [0.3, 0.4) is 0 Å². The number of esters is 1. The second kappa shape index (κ2) is 7.84. The number of benzene rings is 2. The summed E-state index contributed by atoms with van der Waals surface area (Å²) in [6.45, 7) is 1.74. The van der Waals surface area contributed by atoms with Crippen LogP contribution in [0.15, 0.2) is 48.5 Å². The molecular formula is C17H17NO5. The molecule has 1 amide bonds. The quantitative estimate of drug-likeness (QED) is 0.652. The van der Waals surface area contributed by atoms with Crippen LogP contribution in [0.1, 0.15) is 18.9 Å². The Morgan fingerprint density at radius 3 is 2.52 bits per heavy atom. The number of nitrogens with one attached hydrogen (secondary N) is 1. The van der Waals surface area contributed by atoms with Crippen molar-refractivity contribution < 1.29 is 24.2 Å². The van der Waals surface area contributed by atoms with Gasteiger partial charge in [-0.2, -0.15) is 0 Å². The van der Waals surface area contributed by atoms with E-state index in [0.29, 0.717) is 0 Å². The van der Waals surface area contributed by atoms with E-state index in [9.17, 15) is 14.7 Å². The summed E-state index contributed by atoms with van der Waals surface area (Å²) < 4.78 is 10.1. The molecule has 0 fully saturated rings. The van der Waals surface area contributed by atoms with Gasteiger partial charge in [-0.15, -0.1) is 0 Å². The molecule has 2 rings (SSSR count). The Labute approximate surface area is 133 Å². The summed E-state index contributed by atoms with van der Waals surface area (Å²) in [7, 11) is 0. The van der Waals surface area contributed by atoms with Crippen LogP contribution in [0.4, 0.5) is 10.5 Å². The predicted molar refractivity (Wildman–Crippen MR) is 84.3 cm³/mol. The second-order valence-corrected chi connectivity index (χ2v) is 4.67. The lowest BCUT2D eigenvalue weighted by Gasteiger charge is -2.12. The highest BCUT2D eigenvalue weighted by molar-refractivity contribution is 5.89.